The Kier molecular flexibility index (Phi) is 4.11. The second kappa shape index (κ2) is 4.94. The topological polar surface area (TPSA) is 50.9 Å². The minimum atomic E-state index is 0.349. The van der Waals surface area contributed by atoms with Gasteiger partial charge in [-0.05, 0) is 25.3 Å². The zero-order valence-electron chi connectivity index (χ0n) is 10.0. The monoisotopic (exact) mass is 227 g/mol. The smallest absolute Gasteiger partial charge is 0.180 e. The summed E-state index contributed by atoms with van der Waals surface area (Å²) in [6, 6.07) is 0.349. The Morgan fingerprint density at radius 3 is 2.67 bits per heavy atom. The molecule has 1 atom stereocenters. The van der Waals surface area contributed by atoms with Gasteiger partial charge in [0, 0.05) is 17.1 Å². The predicted octanol–water partition coefficient (Wildman–Crippen LogP) is 2.81. The molecule has 1 unspecified atom stereocenters. The number of hydrogen-bond acceptors (Lipinski definition) is 4. The van der Waals surface area contributed by atoms with Gasteiger partial charge in [0.1, 0.15) is 0 Å². The molecule has 0 amide bonds. The van der Waals surface area contributed by atoms with Crippen LogP contribution in [0.4, 0.5) is 5.13 Å². The van der Waals surface area contributed by atoms with Crippen molar-refractivity contribution in [2.75, 3.05) is 12.3 Å². The van der Waals surface area contributed by atoms with E-state index in [9.17, 15) is 0 Å². The quantitative estimate of drug-likeness (QED) is 0.831. The van der Waals surface area contributed by atoms with E-state index in [2.05, 4.69) is 38.0 Å². The first kappa shape index (κ1) is 12.5. The number of nitrogens with one attached hydrogen (secondary N) is 1. The number of nitrogens with zero attached hydrogens (tertiary/aromatic N) is 1. The first-order chi connectivity index (χ1) is 6.88. The van der Waals surface area contributed by atoms with E-state index in [1.54, 1.807) is 11.3 Å². The van der Waals surface area contributed by atoms with Gasteiger partial charge in [0.15, 0.2) is 5.13 Å². The van der Waals surface area contributed by atoms with Crippen molar-refractivity contribution in [3.8, 4) is 0 Å². The molecule has 1 heterocycles. The molecule has 0 spiro atoms. The fourth-order valence-corrected chi connectivity index (χ4v) is 1.98. The predicted molar refractivity (Wildman–Crippen MR) is 67.0 cm³/mol. The van der Waals surface area contributed by atoms with E-state index in [4.69, 9.17) is 5.73 Å². The van der Waals surface area contributed by atoms with Crippen LogP contribution in [-0.4, -0.2) is 11.5 Å². The van der Waals surface area contributed by atoms with Crippen molar-refractivity contribution in [1.82, 2.24) is 10.3 Å². The highest BCUT2D eigenvalue weighted by Gasteiger charge is 2.12. The molecule has 0 saturated carbocycles. The van der Waals surface area contributed by atoms with E-state index in [1.807, 2.05) is 6.20 Å². The standard InChI is InChI=1S/C11H21N3S/c1-8(9-7-14-10(12)15-9)13-6-5-11(2,3)4/h7-8,13H,5-6H2,1-4H3,(H2,12,14). The van der Waals surface area contributed by atoms with Crippen molar-refractivity contribution in [1.29, 1.82) is 0 Å². The fourth-order valence-electron chi connectivity index (χ4n) is 1.27. The van der Waals surface area contributed by atoms with E-state index in [-0.39, 0.29) is 0 Å². The summed E-state index contributed by atoms with van der Waals surface area (Å²) in [5.74, 6) is 0. The van der Waals surface area contributed by atoms with Crippen molar-refractivity contribution in [3.05, 3.63) is 11.1 Å². The van der Waals surface area contributed by atoms with Gasteiger partial charge in [0.05, 0.1) is 0 Å². The van der Waals surface area contributed by atoms with E-state index in [0.717, 1.165) is 6.54 Å². The molecule has 1 aromatic rings. The van der Waals surface area contributed by atoms with Gasteiger partial charge in [-0.15, -0.1) is 11.3 Å². The summed E-state index contributed by atoms with van der Waals surface area (Å²) in [6.07, 6.45) is 3.03. The Bertz CT molecular complexity index is 301. The van der Waals surface area contributed by atoms with Crippen LogP contribution in [0.15, 0.2) is 6.20 Å². The van der Waals surface area contributed by atoms with Crippen LogP contribution in [0, 0.1) is 5.41 Å². The molecule has 0 bridgehead atoms. The molecular weight excluding hydrogens is 206 g/mol. The van der Waals surface area contributed by atoms with Gasteiger partial charge in [-0.25, -0.2) is 4.98 Å². The maximum atomic E-state index is 5.59. The number of thiazole rings is 1. The fraction of sp³-hybridized carbons (Fsp3) is 0.727. The Morgan fingerprint density at radius 1 is 1.53 bits per heavy atom. The van der Waals surface area contributed by atoms with Crippen molar-refractivity contribution >= 4 is 16.5 Å². The summed E-state index contributed by atoms with van der Waals surface area (Å²) < 4.78 is 0. The number of rotatable bonds is 4. The zero-order chi connectivity index (χ0) is 11.5. The molecule has 4 heteroatoms. The Balaban J connectivity index is 2.34. The van der Waals surface area contributed by atoms with Gasteiger partial charge in [-0.3, -0.25) is 0 Å². The zero-order valence-corrected chi connectivity index (χ0v) is 10.8. The van der Waals surface area contributed by atoms with Crippen LogP contribution in [0.2, 0.25) is 0 Å². The van der Waals surface area contributed by atoms with Crippen LogP contribution in [0.25, 0.3) is 0 Å². The van der Waals surface area contributed by atoms with Crippen LogP contribution in [0.5, 0.6) is 0 Å². The summed E-state index contributed by atoms with van der Waals surface area (Å²) >= 11 is 1.56. The van der Waals surface area contributed by atoms with Gasteiger partial charge in [-0.2, -0.15) is 0 Å². The highest BCUT2D eigenvalue weighted by Crippen LogP contribution is 2.23. The lowest BCUT2D eigenvalue weighted by atomic mass is 9.92. The normalized spacial score (nSPS) is 14.1. The average Bonchev–Trinajstić information content (AvgIpc) is 2.49. The summed E-state index contributed by atoms with van der Waals surface area (Å²) in [7, 11) is 0. The Hall–Kier alpha value is -0.610. The van der Waals surface area contributed by atoms with E-state index in [1.165, 1.54) is 11.3 Å². The number of aromatic nitrogens is 1. The molecular formula is C11H21N3S. The van der Waals surface area contributed by atoms with Crippen LogP contribution in [0.3, 0.4) is 0 Å². The number of nitrogen functional groups attached to an aromatic ring is 1. The minimum Gasteiger partial charge on any atom is -0.375 e. The lowest BCUT2D eigenvalue weighted by Crippen LogP contribution is -2.23. The molecule has 0 radical (unpaired) electrons. The summed E-state index contributed by atoms with van der Waals surface area (Å²) in [4.78, 5) is 5.26. The summed E-state index contributed by atoms with van der Waals surface area (Å²) in [5, 5.41) is 4.13. The average molecular weight is 227 g/mol. The number of nitrogens with two attached hydrogens (primary N) is 1. The van der Waals surface area contributed by atoms with Crippen LogP contribution < -0.4 is 11.1 Å². The molecule has 0 fully saturated rings. The summed E-state index contributed by atoms with van der Waals surface area (Å²) in [6.45, 7) is 9.94. The molecule has 0 aromatic carbocycles. The lowest BCUT2D eigenvalue weighted by Gasteiger charge is -2.20. The second-order valence-corrected chi connectivity index (χ2v) is 6.18. The van der Waals surface area contributed by atoms with Crippen LogP contribution in [0.1, 0.15) is 45.0 Å². The molecule has 0 aliphatic carbocycles. The highest BCUT2D eigenvalue weighted by molar-refractivity contribution is 7.15. The van der Waals surface area contributed by atoms with Crippen molar-refractivity contribution in [3.63, 3.8) is 0 Å². The summed E-state index contributed by atoms with van der Waals surface area (Å²) in [5.41, 5.74) is 5.98. The van der Waals surface area contributed by atoms with Crippen molar-refractivity contribution < 1.29 is 0 Å². The van der Waals surface area contributed by atoms with Gasteiger partial charge >= 0.3 is 0 Å². The SMILES string of the molecule is CC(NCCC(C)(C)C)c1cnc(N)s1. The molecule has 0 saturated heterocycles. The third kappa shape index (κ3) is 4.62. The molecule has 86 valence electrons. The van der Waals surface area contributed by atoms with Crippen LogP contribution >= 0.6 is 11.3 Å². The first-order valence-corrected chi connectivity index (χ1v) is 6.15. The largest absolute Gasteiger partial charge is 0.375 e. The molecule has 1 aromatic heterocycles. The molecule has 0 aliphatic heterocycles. The maximum Gasteiger partial charge on any atom is 0.180 e. The van der Waals surface area contributed by atoms with Gasteiger partial charge in [0.25, 0.3) is 0 Å². The third-order valence-corrected chi connectivity index (χ3v) is 3.30. The molecule has 3 nitrogen and oxygen atoms in total. The minimum absolute atomic E-state index is 0.349. The lowest BCUT2D eigenvalue weighted by molar-refractivity contribution is 0.358. The number of hydrogen-bond donors (Lipinski definition) is 2. The second-order valence-electron chi connectivity index (χ2n) is 5.09. The van der Waals surface area contributed by atoms with Crippen molar-refractivity contribution in [2.45, 2.75) is 40.2 Å². The molecule has 3 N–H and O–H groups in total. The van der Waals surface area contributed by atoms with E-state index in [0.29, 0.717) is 16.6 Å². The molecule has 0 aliphatic rings. The molecule has 1 rings (SSSR count). The third-order valence-electron chi connectivity index (χ3n) is 2.29. The van der Waals surface area contributed by atoms with Gasteiger partial charge in [-0.1, -0.05) is 20.8 Å². The Labute approximate surface area is 96.1 Å². The first-order valence-electron chi connectivity index (χ1n) is 5.33. The number of anilines is 1. The maximum absolute atomic E-state index is 5.59. The van der Waals surface area contributed by atoms with E-state index >= 15 is 0 Å². The van der Waals surface area contributed by atoms with Gasteiger partial charge < -0.3 is 11.1 Å². The molecule has 15 heavy (non-hydrogen) atoms. The highest BCUT2D eigenvalue weighted by atomic mass is 32.1. The van der Waals surface area contributed by atoms with E-state index < -0.39 is 0 Å². The van der Waals surface area contributed by atoms with Crippen molar-refractivity contribution in [2.24, 2.45) is 5.41 Å². The Morgan fingerprint density at radius 2 is 2.20 bits per heavy atom. The van der Waals surface area contributed by atoms with Crippen LogP contribution in [-0.2, 0) is 0 Å². The van der Waals surface area contributed by atoms with Gasteiger partial charge in [0.2, 0.25) is 0 Å².